The van der Waals surface area contributed by atoms with Crippen molar-refractivity contribution in [2.75, 3.05) is 12.9 Å². The molecule has 0 aliphatic rings. The molecule has 0 saturated carbocycles. The second-order valence-corrected chi connectivity index (χ2v) is 6.50. The molecule has 0 aliphatic carbocycles. The quantitative estimate of drug-likeness (QED) is 0.761. The fourth-order valence-electron chi connectivity index (χ4n) is 2.22. The summed E-state index contributed by atoms with van der Waals surface area (Å²) in [5, 5.41) is 14.5. The summed E-state index contributed by atoms with van der Waals surface area (Å²) in [6, 6.07) is 2.97. The van der Waals surface area contributed by atoms with Crippen molar-refractivity contribution in [3.05, 3.63) is 48.1 Å². The van der Waals surface area contributed by atoms with Gasteiger partial charge in [-0.3, -0.25) is 4.79 Å². The van der Waals surface area contributed by atoms with Gasteiger partial charge < -0.3 is 9.84 Å². The number of nitrogens with zero attached hydrogens (tertiary/aromatic N) is 3. The van der Waals surface area contributed by atoms with Crippen LogP contribution in [0.15, 0.2) is 30.9 Å². The number of hydrogen-bond acceptors (Lipinski definition) is 6. The average Bonchev–Trinajstić information content (AvgIpc) is 3.04. The minimum Gasteiger partial charge on any atom is -0.468 e. The van der Waals surface area contributed by atoms with Gasteiger partial charge >= 0.3 is 5.97 Å². The molecule has 0 amide bonds. The van der Waals surface area contributed by atoms with Gasteiger partial charge in [0.25, 0.3) is 0 Å². The van der Waals surface area contributed by atoms with Crippen LogP contribution >= 0.6 is 11.8 Å². The summed E-state index contributed by atoms with van der Waals surface area (Å²) >= 11 is 1.10. The van der Waals surface area contributed by atoms with Crippen LogP contribution in [0.5, 0.6) is 0 Å². The molecule has 2 rings (SSSR count). The van der Waals surface area contributed by atoms with E-state index in [4.69, 9.17) is 0 Å². The van der Waals surface area contributed by atoms with Crippen LogP contribution in [-0.2, 0) is 21.7 Å². The third kappa shape index (κ3) is 4.09. The maximum absolute atomic E-state index is 14.3. The van der Waals surface area contributed by atoms with Crippen molar-refractivity contribution in [1.29, 1.82) is 0 Å². The lowest BCUT2D eigenvalue weighted by atomic mass is 9.90. The molecule has 0 radical (unpaired) electrons. The Morgan fingerprint density at radius 2 is 2.25 bits per heavy atom. The van der Waals surface area contributed by atoms with Crippen LogP contribution in [0.25, 0.3) is 0 Å². The number of aromatic nitrogens is 3. The molecule has 1 heterocycles. The summed E-state index contributed by atoms with van der Waals surface area (Å²) in [4.78, 5) is 15.1. The number of esters is 1. The molecular formula is C15H17F2N3O3S. The van der Waals surface area contributed by atoms with E-state index < -0.39 is 28.5 Å². The summed E-state index contributed by atoms with van der Waals surface area (Å²) < 4.78 is 33.4. The van der Waals surface area contributed by atoms with Gasteiger partial charge in [-0.1, -0.05) is 13.0 Å². The molecule has 1 N–H and O–H groups in total. The van der Waals surface area contributed by atoms with Gasteiger partial charge in [-0.05, 0) is 6.07 Å². The first-order chi connectivity index (χ1) is 11.4. The predicted molar refractivity (Wildman–Crippen MR) is 84.2 cm³/mol. The number of aliphatic hydroxyl groups is 1. The fraction of sp³-hybridized carbons (Fsp3) is 0.400. The van der Waals surface area contributed by atoms with Crippen LogP contribution < -0.4 is 0 Å². The Labute approximate surface area is 141 Å². The third-order valence-electron chi connectivity index (χ3n) is 3.62. The number of hydrogen-bond donors (Lipinski definition) is 1. The third-order valence-corrected chi connectivity index (χ3v) is 4.91. The van der Waals surface area contributed by atoms with Crippen LogP contribution in [0.4, 0.5) is 8.78 Å². The first-order valence-corrected chi connectivity index (χ1v) is 8.10. The van der Waals surface area contributed by atoms with Crippen molar-refractivity contribution < 1.29 is 23.4 Å². The van der Waals surface area contributed by atoms with Gasteiger partial charge in [0, 0.05) is 16.9 Å². The molecule has 0 bridgehead atoms. The minimum atomic E-state index is -1.73. The van der Waals surface area contributed by atoms with E-state index in [1.54, 1.807) is 6.92 Å². The van der Waals surface area contributed by atoms with Gasteiger partial charge in [-0.2, -0.15) is 5.10 Å². The molecule has 2 aromatic rings. The maximum Gasteiger partial charge on any atom is 0.315 e. The number of ether oxygens (including phenoxy) is 1. The number of thioether (sulfide) groups is 1. The maximum atomic E-state index is 14.3. The second-order valence-electron chi connectivity index (χ2n) is 5.17. The van der Waals surface area contributed by atoms with E-state index in [1.165, 1.54) is 30.5 Å². The van der Waals surface area contributed by atoms with Crippen LogP contribution in [-0.4, -0.2) is 44.0 Å². The lowest BCUT2D eigenvalue weighted by Crippen LogP contribution is -2.41. The zero-order valence-corrected chi connectivity index (χ0v) is 14.0. The highest BCUT2D eigenvalue weighted by Crippen LogP contribution is 2.36. The minimum absolute atomic E-state index is 0.0137. The molecule has 2 atom stereocenters. The van der Waals surface area contributed by atoms with E-state index in [-0.39, 0.29) is 17.9 Å². The summed E-state index contributed by atoms with van der Waals surface area (Å²) in [5.74, 6) is -2.09. The van der Waals surface area contributed by atoms with Gasteiger partial charge in [-0.25, -0.2) is 18.4 Å². The average molecular weight is 357 g/mol. The molecule has 9 heteroatoms. The van der Waals surface area contributed by atoms with E-state index in [2.05, 4.69) is 14.8 Å². The summed E-state index contributed by atoms with van der Waals surface area (Å²) in [5.41, 5.74) is -1.81. The monoisotopic (exact) mass is 357 g/mol. The predicted octanol–water partition coefficient (Wildman–Crippen LogP) is 1.74. The van der Waals surface area contributed by atoms with Crippen LogP contribution in [0.3, 0.4) is 0 Å². The molecule has 6 nitrogen and oxygen atoms in total. The standard InChI is InChI=1S/C15H17F2N3O3S/c1-10(24-6-14(21)23-2)15(22,7-20-9-18-8-19-20)12-4-3-11(16)5-13(12)17/h3-5,8-10,22H,6-7H2,1-2H3/t10-,15-/m1/s1. The normalized spacial score (nSPS) is 14.9. The molecule has 0 spiro atoms. The summed E-state index contributed by atoms with van der Waals surface area (Å²) in [6.45, 7) is 1.54. The molecule has 24 heavy (non-hydrogen) atoms. The van der Waals surface area contributed by atoms with Gasteiger partial charge in [0.15, 0.2) is 0 Å². The Morgan fingerprint density at radius 1 is 1.50 bits per heavy atom. The number of halogens is 2. The number of benzene rings is 1. The van der Waals surface area contributed by atoms with E-state index in [0.29, 0.717) is 6.07 Å². The van der Waals surface area contributed by atoms with E-state index >= 15 is 0 Å². The highest BCUT2D eigenvalue weighted by atomic mass is 32.2. The smallest absolute Gasteiger partial charge is 0.315 e. The van der Waals surface area contributed by atoms with Crippen molar-refractivity contribution in [3.63, 3.8) is 0 Å². The highest BCUT2D eigenvalue weighted by molar-refractivity contribution is 8.00. The van der Waals surface area contributed by atoms with Crippen molar-refractivity contribution in [2.24, 2.45) is 0 Å². The first kappa shape index (κ1) is 18.3. The number of carbonyl (C=O) groups excluding carboxylic acids is 1. The van der Waals surface area contributed by atoms with Crippen LogP contribution in [0.2, 0.25) is 0 Å². The molecule has 0 fully saturated rings. The van der Waals surface area contributed by atoms with Gasteiger partial charge in [0.05, 0.1) is 19.4 Å². The molecule has 1 aromatic carbocycles. The van der Waals surface area contributed by atoms with Crippen molar-refractivity contribution in [1.82, 2.24) is 14.8 Å². The molecule has 0 unspecified atom stereocenters. The lowest BCUT2D eigenvalue weighted by molar-refractivity contribution is -0.137. The number of carbonyl (C=O) groups is 1. The first-order valence-electron chi connectivity index (χ1n) is 7.05. The summed E-state index contributed by atoms with van der Waals surface area (Å²) in [6.07, 6.45) is 2.66. The largest absolute Gasteiger partial charge is 0.468 e. The van der Waals surface area contributed by atoms with Gasteiger partial charge in [0.2, 0.25) is 0 Å². The zero-order valence-electron chi connectivity index (χ0n) is 13.1. The Hall–Kier alpha value is -2.00. The van der Waals surface area contributed by atoms with Gasteiger partial charge in [0.1, 0.15) is 29.9 Å². The number of methoxy groups -OCH3 is 1. The summed E-state index contributed by atoms with van der Waals surface area (Å²) in [7, 11) is 1.26. The van der Waals surface area contributed by atoms with Crippen molar-refractivity contribution in [3.8, 4) is 0 Å². The lowest BCUT2D eigenvalue weighted by Gasteiger charge is -2.34. The molecular weight excluding hydrogens is 340 g/mol. The molecule has 130 valence electrons. The van der Waals surface area contributed by atoms with Gasteiger partial charge in [-0.15, -0.1) is 11.8 Å². The van der Waals surface area contributed by atoms with Crippen LogP contribution in [0.1, 0.15) is 12.5 Å². The van der Waals surface area contributed by atoms with Crippen LogP contribution in [0, 0.1) is 11.6 Å². The van der Waals surface area contributed by atoms with E-state index in [1.807, 2.05) is 0 Å². The Bertz CT molecular complexity index is 699. The Morgan fingerprint density at radius 3 is 2.83 bits per heavy atom. The van der Waals surface area contributed by atoms with Crippen molar-refractivity contribution >= 4 is 17.7 Å². The zero-order chi connectivity index (χ0) is 17.7. The van der Waals surface area contributed by atoms with E-state index in [9.17, 15) is 18.7 Å². The Balaban J connectivity index is 2.34. The van der Waals surface area contributed by atoms with Crippen molar-refractivity contribution in [2.45, 2.75) is 24.3 Å². The Kier molecular flexibility index (Phi) is 5.89. The molecule has 0 aliphatic heterocycles. The molecule has 1 aromatic heterocycles. The topological polar surface area (TPSA) is 77.2 Å². The number of rotatable bonds is 7. The SMILES string of the molecule is COC(=O)CS[C@H](C)[C@](O)(Cn1cncn1)c1ccc(F)cc1F. The highest BCUT2D eigenvalue weighted by Gasteiger charge is 2.39. The molecule has 0 saturated heterocycles. The fourth-order valence-corrected chi connectivity index (χ4v) is 3.21. The second kappa shape index (κ2) is 7.71. The van der Waals surface area contributed by atoms with E-state index in [0.717, 1.165) is 17.8 Å².